The van der Waals surface area contributed by atoms with Crippen LogP contribution in [0.1, 0.15) is 6.92 Å². The van der Waals surface area contributed by atoms with Crippen LogP contribution in [0.15, 0.2) is 0 Å². The fourth-order valence-corrected chi connectivity index (χ4v) is 2.02. The molecule has 0 aromatic rings. The summed E-state index contributed by atoms with van der Waals surface area (Å²) < 4.78 is 35.1. The van der Waals surface area contributed by atoms with Gasteiger partial charge in [-0.1, -0.05) is 0 Å². The molecule has 0 atom stereocenters. The Labute approximate surface area is 101 Å². The van der Waals surface area contributed by atoms with Gasteiger partial charge in [0.05, 0.1) is 19.8 Å². The summed E-state index contributed by atoms with van der Waals surface area (Å²) in [6.45, 7) is 1.34. The number of carbonyl (C=O) groups is 1. The minimum atomic E-state index is -4.01. The van der Waals surface area contributed by atoms with Crippen LogP contribution in [0.4, 0.5) is 4.79 Å². The maximum Gasteiger partial charge on any atom is 0.421 e. The van der Waals surface area contributed by atoms with Gasteiger partial charge in [-0.25, -0.2) is 9.52 Å². The lowest BCUT2D eigenvalue weighted by Gasteiger charge is -2.20. The molecule has 9 heteroatoms. The van der Waals surface area contributed by atoms with Crippen molar-refractivity contribution in [2.24, 2.45) is 0 Å². The lowest BCUT2D eigenvalue weighted by atomic mass is 10.6. The highest BCUT2D eigenvalue weighted by Crippen LogP contribution is 1.98. The molecule has 0 fully saturated rings. The van der Waals surface area contributed by atoms with Gasteiger partial charge >= 0.3 is 16.3 Å². The molecule has 0 aromatic heterocycles. The van der Waals surface area contributed by atoms with Crippen LogP contribution in [0.3, 0.4) is 0 Å². The van der Waals surface area contributed by atoms with Crippen molar-refractivity contribution in [1.82, 2.24) is 9.03 Å². The first-order chi connectivity index (χ1) is 7.97. The molecule has 8 nitrogen and oxygen atoms in total. The van der Waals surface area contributed by atoms with Gasteiger partial charge in [-0.2, -0.15) is 12.7 Å². The first-order valence-electron chi connectivity index (χ1n) is 5.02. The fourth-order valence-electron chi connectivity index (χ4n) is 0.987. The number of aliphatic hydroxyl groups is 1. The van der Waals surface area contributed by atoms with E-state index in [9.17, 15) is 13.2 Å². The summed E-state index contributed by atoms with van der Waals surface area (Å²) >= 11 is 0. The van der Waals surface area contributed by atoms with E-state index in [4.69, 9.17) is 9.84 Å². The van der Waals surface area contributed by atoms with E-state index >= 15 is 0 Å². The number of carbonyl (C=O) groups excluding carboxylic acids is 1. The number of nitrogens with zero attached hydrogens (tertiary/aromatic N) is 1. The van der Waals surface area contributed by atoms with Gasteiger partial charge in [0.2, 0.25) is 0 Å². The molecule has 0 spiro atoms. The van der Waals surface area contributed by atoms with E-state index in [-0.39, 0.29) is 32.9 Å². The summed E-state index contributed by atoms with van der Waals surface area (Å²) in [5.41, 5.74) is 0. The van der Waals surface area contributed by atoms with Gasteiger partial charge in [0, 0.05) is 20.2 Å². The van der Waals surface area contributed by atoms with Crippen LogP contribution in [-0.2, 0) is 19.7 Å². The highest BCUT2D eigenvalue weighted by molar-refractivity contribution is 7.87. The third-order valence-corrected chi connectivity index (χ3v) is 3.19. The second-order valence-corrected chi connectivity index (χ2v) is 4.61. The van der Waals surface area contributed by atoms with E-state index in [1.165, 1.54) is 7.11 Å². The Kier molecular flexibility index (Phi) is 7.79. The zero-order valence-electron chi connectivity index (χ0n) is 9.88. The Bertz CT molecular complexity index is 318. The molecule has 0 heterocycles. The molecular weight excluding hydrogens is 252 g/mol. The van der Waals surface area contributed by atoms with E-state index in [1.807, 2.05) is 0 Å². The highest BCUT2D eigenvalue weighted by Gasteiger charge is 2.23. The number of aliphatic hydroxyl groups excluding tert-OH is 1. The smallest absolute Gasteiger partial charge is 0.421 e. The summed E-state index contributed by atoms with van der Waals surface area (Å²) in [5, 5.41) is 8.75. The maximum atomic E-state index is 11.7. The molecule has 0 radical (unpaired) electrons. The predicted molar refractivity (Wildman–Crippen MR) is 59.6 cm³/mol. The van der Waals surface area contributed by atoms with Crippen molar-refractivity contribution in [3.05, 3.63) is 0 Å². The van der Waals surface area contributed by atoms with Crippen LogP contribution in [0.5, 0.6) is 0 Å². The molecule has 2 N–H and O–H groups in total. The Morgan fingerprint density at radius 2 is 2.06 bits per heavy atom. The van der Waals surface area contributed by atoms with Crippen LogP contribution in [0.2, 0.25) is 0 Å². The van der Waals surface area contributed by atoms with Crippen LogP contribution in [-0.4, -0.2) is 63.9 Å². The molecule has 0 aliphatic rings. The molecule has 0 saturated carbocycles. The third-order valence-electron chi connectivity index (χ3n) is 1.72. The molecule has 0 bridgehead atoms. The lowest BCUT2D eigenvalue weighted by molar-refractivity contribution is 0.154. The predicted octanol–water partition coefficient (Wildman–Crippen LogP) is -1.08. The average Bonchev–Trinajstić information content (AvgIpc) is 2.23. The fraction of sp³-hybridized carbons (Fsp3) is 0.875. The van der Waals surface area contributed by atoms with Crippen molar-refractivity contribution in [3.63, 3.8) is 0 Å². The van der Waals surface area contributed by atoms with E-state index in [1.54, 1.807) is 11.6 Å². The second-order valence-electron chi connectivity index (χ2n) is 2.94. The Morgan fingerprint density at radius 1 is 1.41 bits per heavy atom. The van der Waals surface area contributed by atoms with Gasteiger partial charge < -0.3 is 14.6 Å². The van der Waals surface area contributed by atoms with Crippen molar-refractivity contribution in [3.8, 4) is 0 Å². The molecule has 0 aliphatic carbocycles. The van der Waals surface area contributed by atoms with Crippen molar-refractivity contribution in [1.29, 1.82) is 0 Å². The standard InChI is InChI=1S/C8H18N2O6S/c1-3-16-8(12)9-17(13,14)10(4-6-11)5-7-15-2/h11H,3-7H2,1-2H3,(H,9,12). The van der Waals surface area contributed by atoms with Crippen LogP contribution >= 0.6 is 0 Å². The highest BCUT2D eigenvalue weighted by atomic mass is 32.2. The minimum absolute atomic E-state index is 0.0335. The Hall–Kier alpha value is -0.900. The number of amides is 1. The summed E-state index contributed by atoms with van der Waals surface area (Å²) in [4.78, 5) is 11.0. The van der Waals surface area contributed by atoms with Crippen molar-refractivity contribution < 1.29 is 27.8 Å². The number of hydrogen-bond acceptors (Lipinski definition) is 6. The first kappa shape index (κ1) is 16.1. The van der Waals surface area contributed by atoms with Gasteiger partial charge in [0.15, 0.2) is 0 Å². The summed E-state index contributed by atoms with van der Waals surface area (Å²) in [6, 6.07) is 0. The van der Waals surface area contributed by atoms with E-state index < -0.39 is 16.3 Å². The number of methoxy groups -OCH3 is 1. The molecule has 102 valence electrons. The molecule has 0 aromatic carbocycles. The van der Waals surface area contributed by atoms with Gasteiger partial charge in [0.1, 0.15) is 0 Å². The number of ether oxygens (including phenoxy) is 2. The zero-order valence-corrected chi connectivity index (χ0v) is 10.7. The van der Waals surface area contributed by atoms with Crippen LogP contribution in [0, 0.1) is 0 Å². The number of rotatable bonds is 8. The molecule has 1 amide bonds. The van der Waals surface area contributed by atoms with Crippen LogP contribution < -0.4 is 4.72 Å². The van der Waals surface area contributed by atoms with Gasteiger partial charge in [-0.05, 0) is 6.92 Å². The Morgan fingerprint density at radius 3 is 2.53 bits per heavy atom. The third kappa shape index (κ3) is 6.41. The van der Waals surface area contributed by atoms with E-state index in [2.05, 4.69) is 4.74 Å². The molecule has 17 heavy (non-hydrogen) atoms. The van der Waals surface area contributed by atoms with E-state index in [0.717, 1.165) is 4.31 Å². The molecule has 0 rings (SSSR count). The molecule has 0 unspecified atom stereocenters. The molecular formula is C8H18N2O6S. The second kappa shape index (κ2) is 8.23. The van der Waals surface area contributed by atoms with Crippen LogP contribution in [0.25, 0.3) is 0 Å². The van der Waals surface area contributed by atoms with Gasteiger partial charge in [0.25, 0.3) is 0 Å². The monoisotopic (exact) mass is 270 g/mol. The SMILES string of the molecule is CCOC(=O)NS(=O)(=O)N(CCO)CCOC. The van der Waals surface area contributed by atoms with Gasteiger partial charge in [-0.3, -0.25) is 0 Å². The summed E-state index contributed by atoms with van der Waals surface area (Å²) in [6.07, 6.45) is -1.05. The van der Waals surface area contributed by atoms with Crippen molar-refractivity contribution >= 4 is 16.3 Å². The van der Waals surface area contributed by atoms with E-state index in [0.29, 0.717) is 0 Å². The first-order valence-corrected chi connectivity index (χ1v) is 6.46. The summed E-state index contributed by atoms with van der Waals surface area (Å²) in [7, 11) is -2.59. The molecule has 0 aliphatic heterocycles. The quantitative estimate of drug-likeness (QED) is 0.581. The number of hydrogen-bond donors (Lipinski definition) is 2. The zero-order chi connectivity index (χ0) is 13.3. The topological polar surface area (TPSA) is 105 Å². The van der Waals surface area contributed by atoms with Crippen molar-refractivity contribution in [2.45, 2.75) is 6.92 Å². The average molecular weight is 270 g/mol. The normalized spacial score (nSPS) is 11.5. The van der Waals surface area contributed by atoms with Crippen molar-refractivity contribution in [2.75, 3.05) is 40.0 Å². The Balaban J connectivity index is 4.53. The van der Waals surface area contributed by atoms with Gasteiger partial charge in [-0.15, -0.1) is 0 Å². The molecule has 0 saturated heterocycles. The largest absolute Gasteiger partial charge is 0.449 e. The number of nitrogens with one attached hydrogen (secondary N) is 1. The maximum absolute atomic E-state index is 11.7. The lowest BCUT2D eigenvalue weighted by Crippen LogP contribution is -2.46. The summed E-state index contributed by atoms with van der Waals surface area (Å²) in [5.74, 6) is 0. The minimum Gasteiger partial charge on any atom is -0.449 e.